The first-order chi connectivity index (χ1) is 17.2. The van der Waals surface area contributed by atoms with Crippen LogP contribution >= 0.6 is 0 Å². The Labute approximate surface area is 203 Å². The number of nitrogens with one attached hydrogen (secondary N) is 1. The molecule has 176 valence electrons. The molecule has 0 unspecified atom stereocenters. The standard InChI is InChI=1S/C27H25N5O3/c1-4-34-21-10-8-17(13-22(21)33-3)26-23-24(19-12-16(2)7-9-20(19)35-26)31-27-29-15-30-32(27)25(23)18-6-5-11-28-14-18/h5-15,25-26H,4H2,1-3H3,(H,29,30,31)/t25-,26-/m0/s1. The predicted octanol–water partition coefficient (Wildman–Crippen LogP) is 4.95. The van der Waals surface area contributed by atoms with Crippen molar-refractivity contribution in [1.29, 1.82) is 0 Å². The monoisotopic (exact) mass is 467 g/mol. The minimum absolute atomic E-state index is 0.256. The van der Waals surface area contributed by atoms with E-state index < -0.39 is 6.10 Å². The highest BCUT2D eigenvalue weighted by Gasteiger charge is 2.41. The van der Waals surface area contributed by atoms with E-state index in [9.17, 15) is 0 Å². The number of anilines is 1. The zero-order chi connectivity index (χ0) is 23.9. The van der Waals surface area contributed by atoms with Crippen molar-refractivity contribution in [2.24, 2.45) is 0 Å². The van der Waals surface area contributed by atoms with E-state index in [0.717, 1.165) is 39.3 Å². The Morgan fingerprint density at radius 1 is 1.09 bits per heavy atom. The van der Waals surface area contributed by atoms with E-state index in [1.807, 2.05) is 48.1 Å². The molecular formula is C27H25N5O3. The van der Waals surface area contributed by atoms with Crippen LogP contribution in [0.3, 0.4) is 0 Å². The van der Waals surface area contributed by atoms with E-state index in [0.29, 0.717) is 24.1 Å². The van der Waals surface area contributed by atoms with Crippen molar-refractivity contribution >= 4 is 11.6 Å². The van der Waals surface area contributed by atoms with E-state index in [4.69, 9.17) is 14.2 Å². The number of hydrogen-bond donors (Lipinski definition) is 1. The van der Waals surface area contributed by atoms with Crippen LogP contribution in [0.4, 0.5) is 5.95 Å². The fraction of sp³-hybridized carbons (Fsp3) is 0.222. The van der Waals surface area contributed by atoms with Gasteiger partial charge in [0.1, 0.15) is 24.2 Å². The number of rotatable bonds is 5. The lowest BCUT2D eigenvalue weighted by Gasteiger charge is -2.39. The van der Waals surface area contributed by atoms with Gasteiger partial charge in [0.05, 0.1) is 19.4 Å². The molecular weight excluding hydrogens is 442 g/mol. The van der Waals surface area contributed by atoms with E-state index in [2.05, 4.69) is 45.5 Å². The topological polar surface area (TPSA) is 83.3 Å². The van der Waals surface area contributed by atoms with Gasteiger partial charge >= 0.3 is 0 Å². The van der Waals surface area contributed by atoms with Crippen LogP contribution < -0.4 is 19.5 Å². The fourth-order valence-corrected chi connectivity index (χ4v) is 4.84. The maximum atomic E-state index is 6.71. The lowest BCUT2D eigenvalue weighted by molar-refractivity contribution is 0.222. The van der Waals surface area contributed by atoms with Gasteiger partial charge in [0.25, 0.3) is 0 Å². The number of methoxy groups -OCH3 is 1. The molecule has 0 saturated carbocycles. The lowest BCUT2D eigenvalue weighted by Crippen LogP contribution is -2.32. The first-order valence-electron chi connectivity index (χ1n) is 11.6. The van der Waals surface area contributed by atoms with Gasteiger partial charge in [-0.2, -0.15) is 10.1 Å². The van der Waals surface area contributed by atoms with Gasteiger partial charge in [-0.1, -0.05) is 23.8 Å². The van der Waals surface area contributed by atoms with Crippen LogP contribution in [0.1, 0.15) is 41.3 Å². The van der Waals surface area contributed by atoms with Gasteiger partial charge in [0, 0.05) is 29.1 Å². The molecule has 0 saturated heterocycles. The number of benzene rings is 2. The average Bonchev–Trinajstić information content (AvgIpc) is 3.36. The van der Waals surface area contributed by atoms with Gasteiger partial charge in [-0.25, -0.2) is 4.68 Å². The highest BCUT2D eigenvalue weighted by atomic mass is 16.5. The van der Waals surface area contributed by atoms with Crippen molar-refractivity contribution in [1.82, 2.24) is 19.7 Å². The van der Waals surface area contributed by atoms with Crippen LogP contribution in [0.25, 0.3) is 5.70 Å². The molecule has 0 spiro atoms. The second kappa shape index (κ2) is 8.47. The van der Waals surface area contributed by atoms with Crippen molar-refractivity contribution in [3.63, 3.8) is 0 Å². The Balaban J connectivity index is 1.59. The Hall–Kier alpha value is -4.33. The SMILES string of the molecule is CCOc1ccc([C@@H]2Oc3ccc(C)cc3C3=C2[C@H](c2cccnc2)n2ncnc2N3)cc1OC. The quantitative estimate of drug-likeness (QED) is 0.445. The zero-order valence-electron chi connectivity index (χ0n) is 19.7. The third kappa shape index (κ3) is 3.49. The number of hydrogen-bond acceptors (Lipinski definition) is 7. The molecule has 4 aromatic rings. The molecule has 0 radical (unpaired) electrons. The van der Waals surface area contributed by atoms with Crippen molar-refractivity contribution in [3.05, 3.63) is 95.1 Å². The molecule has 35 heavy (non-hydrogen) atoms. The summed E-state index contributed by atoms with van der Waals surface area (Å²) in [5.41, 5.74) is 6.09. The fourth-order valence-electron chi connectivity index (χ4n) is 4.84. The van der Waals surface area contributed by atoms with Gasteiger partial charge in [0.15, 0.2) is 11.5 Å². The van der Waals surface area contributed by atoms with E-state index in [-0.39, 0.29) is 6.04 Å². The van der Waals surface area contributed by atoms with Crippen LogP contribution in [0.2, 0.25) is 0 Å². The molecule has 8 heteroatoms. The van der Waals surface area contributed by atoms with Gasteiger partial charge in [-0.3, -0.25) is 4.98 Å². The molecule has 8 nitrogen and oxygen atoms in total. The normalized spacial score (nSPS) is 18.0. The smallest absolute Gasteiger partial charge is 0.226 e. The molecule has 2 aromatic carbocycles. The van der Waals surface area contributed by atoms with Crippen LogP contribution in [-0.4, -0.2) is 33.5 Å². The van der Waals surface area contributed by atoms with E-state index >= 15 is 0 Å². The number of ether oxygens (including phenoxy) is 3. The van der Waals surface area contributed by atoms with Crippen molar-refractivity contribution < 1.29 is 14.2 Å². The molecule has 0 bridgehead atoms. The first-order valence-corrected chi connectivity index (χ1v) is 11.6. The summed E-state index contributed by atoms with van der Waals surface area (Å²) in [5, 5.41) is 8.10. The second-order valence-corrected chi connectivity index (χ2v) is 8.51. The van der Waals surface area contributed by atoms with E-state index in [1.54, 1.807) is 19.6 Å². The van der Waals surface area contributed by atoms with Crippen molar-refractivity contribution in [3.8, 4) is 17.2 Å². The highest BCUT2D eigenvalue weighted by Crippen LogP contribution is 2.51. The van der Waals surface area contributed by atoms with Gasteiger partial charge < -0.3 is 19.5 Å². The largest absolute Gasteiger partial charge is 0.493 e. The maximum Gasteiger partial charge on any atom is 0.226 e. The Morgan fingerprint density at radius 2 is 2.00 bits per heavy atom. The Morgan fingerprint density at radius 3 is 2.80 bits per heavy atom. The van der Waals surface area contributed by atoms with Crippen molar-refractivity contribution in [2.75, 3.05) is 19.0 Å². The van der Waals surface area contributed by atoms with Crippen LogP contribution in [-0.2, 0) is 0 Å². The maximum absolute atomic E-state index is 6.71. The second-order valence-electron chi connectivity index (χ2n) is 8.51. The zero-order valence-corrected chi connectivity index (χ0v) is 19.7. The van der Waals surface area contributed by atoms with Crippen LogP contribution in [0.15, 0.2) is 72.8 Å². The summed E-state index contributed by atoms with van der Waals surface area (Å²) in [7, 11) is 1.65. The molecule has 1 N–H and O–H groups in total. The number of aryl methyl sites for hydroxylation is 1. The molecule has 2 aliphatic heterocycles. The molecule has 2 aromatic heterocycles. The van der Waals surface area contributed by atoms with E-state index in [1.165, 1.54) is 0 Å². The van der Waals surface area contributed by atoms with Gasteiger partial charge in [-0.15, -0.1) is 0 Å². The number of pyridine rings is 1. The molecule has 0 aliphatic carbocycles. The number of fused-ring (bicyclic) bond motifs is 3. The third-order valence-electron chi connectivity index (χ3n) is 6.36. The lowest BCUT2D eigenvalue weighted by atomic mass is 9.84. The number of aromatic nitrogens is 4. The molecule has 6 rings (SSSR count). The minimum atomic E-state index is -0.403. The van der Waals surface area contributed by atoms with Crippen LogP contribution in [0, 0.1) is 6.92 Å². The predicted molar refractivity (Wildman–Crippen MR) is 132 cm³/mol. The molecule has 2 aliphatic rings. The minimum Gasteiger partial charge on any atom is -0.493 e. The average molecular weight is 468 g/mol. The summed E-state index contributed by atoms with van der Waals surface area (Å²) in [6, 6.07) is 15.9. The summed E-state index contributed by atoms with van der Waals surface area (Å²) in [6.45, 7) is 4.59. The van der Waals surface area contributed by atoms with Gasteiger partial charge in [0.2, 0.25) is 5.95 Å². The summed E-state index contributed by atoms with van der Waals surface area (Å²) < 4.78 is 20.0. The summed E-state index contributed by atoms with van der Waals surface area (Å²) >= 11 is 0. The summed E-state index contributed by atoms with van der Waals surface area (Å²) in [4.78, 5) is 8.87. The summed E-state index contributed by atoms with van der Waals surface area (Å²) in [6.07, 6.45) is 4.80. The van der Waals surface area contributed by atoms with Gasteiger partial charge in [-0.05, 0) is 49.7 Å². The molecule has 4 heterocycles. The molecule has 2 atom stereocenters. The third-order valence-corrected chi connectivity index (χ3v) is 6.36. The highest BCUT2D eigenvalue weighted by molar-refractivity contribution is 5.85. The first kappa shape index (κ1) is 21.2. The Bertz CT molecular complexity index is 1430. The van der Waals surface area contributed by atoms with Crippen LogP contribution in [0.5, 0.6) is 17.2 Å². The summed E-state index contributed by atoms with van der Waals surface area (Å²) in [5.74, 6) is 2.84. The molecule has 0 amide bonds. The Kier molecular flexibility index (Phi) is 5.13. The molecule has 0 fully saturated rings. The number of nitrogens with zero attached hydrogens (tertiary/aromatic N) is 4. The van der Waals surface area contributed by atoms with Crippen molar-refractivity contribution in [2.45, 2.75) is 26.0 Å².